The van der Waals surface area contributed by atoms with Crippen LogP contribution in [-0.4, -0.2) is 30.2 Å². The molecule has 4 nitrogen and oxygen atoms in total. The first-order valence-electron chi connectivity index (χ1n) is 6.07. The van der Waals surface area contributed by atoms with Crippen molar-refractivity contribution in [1.29, 1.82) is 0 Å². The molecule has 0 aliphatic heterocycles. The number of nitrogens with one attached hydrogen (secondary N) is 2. The van der Waals surface area contributed by atoms with E-state index in [1.807, 2.05) is 12.1 Å². The summed E-state index contributed by atoms with van der Waals surface area (Å²) in [6.07, 6.45) is 1.33. The molecule has 1 aromatic rings. The summed E-state index contributed by atoms with van der Waals surface area (Å²) in [5, 5.41) is 14.0. The number of aliphatic hydroxyl groups is 1. The lowest BCUT2D eigenvalue weighted by Crippen LogP contribution is -2.30. The number of alkyl halides is 1. The van der Waals surface area contributed by atoms with Crippen LogP contribution in [0.4, 0.5) is 10.5 Å². The molecule has 3 N–H and O–H groups in total. The average Bonchev–Trinajstić information content (AvgIpc) is 2.42. The van der Waals surface area contributed by atoms with Gasteiger partial charge in [-0.2, -0.15) is 0 Å². The van der Waals surface area contributed by atoms with Gasteiger partial charge in [0.15, 0.2) is 0 Å². The number of carbonyl (C=O) groups excluding carboxylic acids is 1. The maximum Gasteiger partial charge on any atom is 0.319 e. The number of hydrogen-bond donors (Lipinski definition) is 3. The van der Waals surface area contributed by atoms with Gasteiger partial charge in [0.2, 0.25) is 0 Å². The Hall–Kier alpha value is -1.70. The van der Waals surface area contributed by atoms with Crippen LogP contribution in [0.3, 0.4) is 0 Å². The highest BCUT2D eigenvalue weighted by molar-refractivity contribution is 6.18. The molecule has 0 spiro atoms. The Labute approximate surface area is 118 Å². The lowest BCUT2D eigenvalue weighted by molar-refractivity contribution is 0.252. The molecule has 19 heavy (non-hydrogen) atoms. The number of anilines is 1. The van der Waals surface area contributed by atoms with Crippen molar-refractivity contribution < 1.29 is 9.90 Å². The largest absolute Gasteiger partial charge is 0.396 e. The van der Waals surface area contributed by atoms with Crippen molar-refractivity contribution >= 4 is 23.3 Å². The monoisotopic (exact) mass is 280 g/mol. The first-order chi connectivity index (χ1) is 9.26. The SMILES string of the molecule is O=C(NCCCl)Nc1cccc(C#CCCCO)c1. The van der Waals surface area contributed by atoms with Crippen LogP contribution in [0, 0.1) is 11.8 Å². The van der Waals surface area contributed by atoms with Gasteiger partial charge in [-0.25, -0.2) is 4.79 Å². The second kappa shape index (κ2) is 9.26. The number of urea groups is 1. The summed E-state index contributed by atoms with van der Waals surface area (Å²) in [6, 6.07) is 7.00. The molecule has 0 radical (unpaired) electrons. The summed E-state index contributed by atoms with van der Waals surface area (Å²) in [4.78, 5) is 11.4. The maximum absolute atomic E-state index is 11.4. The van der Waals surface area contributed by atoms with Gasteiger partial charge in [0, 0.05) is 36.7 Å². The maximum atomic E-state index is 11.4. The van der Waals surface area contributed by atoms with Gasteiger partial charge in [0.05, 0.1) is 0 Å². The second-order valence-corrected chi connectivity index (χ2v) is 4.16. The van der Waals surface area contributed by atoms with E-state index in [1.165, 1.54) is 0 Å². The minimum atomic E-state index is -0.286. The summed E-state index contributed by atoms with van der Waals surface area (Å²) in [6.45, 7) is 0.574. The first-order valence-corrected chi connectivity index (χ1v) is 6.60. The summed E-state index contributed by atoms with van der Waals surface area (Å²) in [7, 11) is 0. The number of aliphatic hydroxyl groups excluding tert-OH is 1. The summed E-state index contributed by atoms with van der Waals surface area (Å²) in [5.41, 5.74) is 1.51. The van der Waals surface area contributed by atoms with E-state index in [1.54, 1.807) is 12.1 Å². The molecule has 5 heteroatoms. The zero-order valence-electron chi connectivity index (χ0n) is 10.6. The highest BCUT2D eigenvalue weighted by Gasteiger charge is 2.00. The van der Waals surface area contributed by atoms with Gasteiger partial charge >= 0.3 is 6.03 Å². The Bertz CT molecular complexity index is 466. The average molecular weight is 281 g/mol. The smallest absolute Gasteiger partial charge is 0.319 e. The van der Waals surface area contributed by atoms with Gasteiger partial charge in [0.25, 0.3) is 0 Å². The van der Waals surface area contributed by atoms with E-state index in [0.29, 0.717) is 31.0 Å². The van der Waals surface area contributed by atoms with E-state index in [-0.39, 0.29) is 12.6 Å². The molecular weight excluding hydrogens is 264 g/mol. The molecule has 0 aromatic heterocycles. The van der Waals surface area contributed by atoms with E-state index in [4.69, 9.17) is 16.7 Å². The van der Waals surface area contributed by atoms with Crippen LogP contribution in [0.15, 0.2) is 24.3 Å². The molecule has 1 aromatic carbocycles. The third-order valence-electron chi connectivity index (χ3n) is 2.19. The first kappa shape index (κ1) is 15.4. The highest BCUT2D eigenvalue weighted by atomic mass is 35.5. The zero-order valence-corrected chi connectivity index (χ0v) is 11.3. The molecule has 0 saturated carbocycles. The van der Waals surface area contributed by atoms with Crippen molar-refractivity contribution in [2.24, 2.45) is 0 Å². The number of benzene rings is 1. The van der Waals surface area contributed by atoms with Crippen LogP contribution in [0.1, 0.15) is 18.4 Å². The molecule has 0 bridgehead atoms. The van der Waals surface area contributed by atoms with Gasteiger partial charge in [-0.05, 0) is 24.6 Å². The molecule has 0 saturated heterocycles. The molecular formula is C14H17ClN2O2. The minimum Gasteiger partial charge on any atom is -0.396 e. The van der Waals surface area contributed by atoms with Crippen LogP contribution in [0.2, 0.25) is 0 Å². The molecule has 102 valence electrons. The van der Waals surface area contributed by atoms with Crippen molar-refractivity contribution in [3.05, 3.63) is 29.8 Å². The Balaban J connectivity index is 2.55. The predicted molar refractivity (Wildman–Crippen MR) is 77.4 cm³/mol. The molecule has 0 unspecified atom stereocenters. The topological polar surface area (TPSA) is 61.4 Å². The fourth-order valence-corrected chi connectivity index (χ4v) is 1.44. The molecule has 1 rings (SSSR count). The van der Waals surface area contributed by atoms with Gasteiger partial charge in [-0.3, -0.25) is 0 Å². The van der Waals surface area contributed by atoms with Gasteiger partial charge in [0.1, 0.15) is 0 Å². The Morgan fingerprint density at radius 3 is 3.00 bits per heavy atom. The Morgan fingerprint density at radius 2 is 2.26 bits per heavy atom. The Kier molecular flexibility index (Phi) is 7.48. The number of carbonyl (C=O) groups is 1. The number of hydrogen-bond acceptors (Lipinski definition) is 2. The van der Waals surface area contributed by atoms with Crippen LogP contribution >= 0.6 is 11.6 Å². The lowest BCUT2D eigenvalue weighted by atomic mass is 10.2. The van der Waals surface area contributed by atoms with Crippen molar-refractivity contribution in [1.82, 2.24) is 5.32 Å². The van der Waals surface area contributed by atoms with Crippen molar-refractivity contribution in [3.63, 3.8) is 0 Å². The van der Waals surface area contributed by atoms with Crippen molar-refractivity contribution in [3.8, 4) is 11.8 Å². The van der Waals surface area contributed by atoms with E-state index in [2.05, 4.69) is 22.5 Å². The predicted octanol–water partition coefficient (Wildman–Crippen LogP) is 2.17. The molecule has 0 aliphatic rings. The number of unbranched alkanes of at least 4 members (excludes halogenated alkanes) is 1. The van der Waals surface area contributed by atoms with E-state index in [0.717, 1.165) is 5.56 Å². The van der Waals surface area contributed by atoms with Gasteiger partial charge in [-0.1, -0.05) is 17.9 Å². The molecule has 0 aliphatic carbocycles. The van der Waals surface area contributed by atoms with E-state index >= 15 is 0 Å². The van der Waals surface area contributed by atoms with Crippen molar-refractivity contribution in [2.75, 3.05) is 24.3 Å². The molecule has 0 fully saturated rings. The van der Waals surface area contributed by atoms with Gasteiger partial charge < -0.3 is 15.7 Å². The fraction of sp³-hybridized carbons (Fsp3) is 0.357. The molecule has 0 atom stereocenters. The third kappa shape index (κ3) is 6.70. The number of amides is 2. The Morgan fingerprint density at radius 1 is 1.42 bits per heavy atom. The molecule has 0 heterocycles. The van der Waals surface area contributed by atoms with Crippen LogP contribution in [-0.2, 0) is 0 Å². The van der Waals surface area contributed by atoms with E-state index < -0.39 is 0 Å². The standard InChI is InChI=1S/C14H17ClN2O2/c15-8-9-16-14(19)17-13-7-4-6-12(11-13)5-2-1-3-10-18/h4,6-7,11,18H,1,3,8-10H2,(H2,16,17,19). The van der Waals surface area contributed by atoms with Crippen LogP contribution < -0.4 is 10.6 Å². The number of rotatable bonds is 5. The van der Waals surface area contributed by atoms with Crippen molar-refractivity contribution in [2.45, 2.75) is 12.8 Å². The number of halogens is 1. The summed E-state index contributed by atoms with van der Waals surface area (Å²) in [5.74, 6) is 6.32. The normalized spacial score (nSPS) is 9.37. The zero-order chi connectivity index (χ0) is 13.9. The van der Waals surface area contributed by atoms with Gasteiger partial charge in [-0.15, -0.1) is 11.6 Å². The quantitative estimate of drug-likeness (QED) is 0.440. The van der Waals surface area contributed by atoms with E-state index in [9.17, 15) is 4.79 Å². The summed E-state index contributed by atoms with van der Waals surface area (Å²) >= 11 is 5.48. The van der Waals surface area contributed by atoms with Crippen LogP contribution in [0.5, 0.6) is 0 Å². The molecule has 2 amide bonds. The minimum absolute atomic E-state index is 0.150. The fourth-order valence-electron chi connectivity index (χ4n) is 1.34. The highest BCUT2D eigenvalue weighted by Crippen LogP contribution is 2.09. The third-order valence-corrected chi connectivity index (χ3v) is 2.38. The van der Waals surface area contributed by atoms with Crippen LogP contribution in [0.25, 0.3) is 0 Å². The second-order valence-electron chi connectivity index (χ2n) is 3.78. The summed E-state index contributed by atoms with van der Waals surface area (Å²) < 4.78 is 0. The lowest BCUT2D eigenvalue weighted by Gasteiger charge is -2.06.